The van der Waals surface area contributed by atoms with Crippen LogP contribution >= 0.6 is 11.8 Å². The van der Waals surface area contributed by atoms with E-state index in [0.717, 1.165) is 24.3 Å². The standard InChI is InChI=1S/C22H21N7O14S/c30-19(6-4-14(22(34)35)24-13-3-1-11(26(36)37)7-16(13)28(40)41)25-15(21(33)23-9-20(31)32)10-44-18-5-2-12(27(38)39)8-17(18)29(42)43/h1-3,5,7-8,14-15,24H,4,6,9-10H2,(H,23,33)(H,25,30)(H,31,32)(H,34,35)/t14-,15-/m0/s1. The Balaban J connectivity index is 2.19. The Labute approximate surface area is 248 Å². The predicted molar refractivity (Wildman–Crippen MR) is 147 cm³/mol. The molecule has 2 aromatic carbocycles. The average molecular weight is 640 g/mol. The molecule has 2 aromatic rings. The predicted octanol–water partition coefficient (Wildman–Crippen LogP) is 1.44. The second-order valence-electron chi connectivity index (χ2n) is 8.50. The minimum atomic E-state index is -1.63. The molecule has 0 spiro atoms. The van der Waals surface area contributed by atoms with Crippen LogP contribution < -0.4 is 16.0 Å². The number of anilines is 1. The number of nitrogens with one attached hydrogen (secondary N) is 3. The number of amides is 2. The fourth-order valence-corrected chi connectivity index (χ4v) is 4.45. The molecule has 0 aromatic heterocycles. The SMILES string of the molecule is O=C(O)CNC(=O)[C@H](CSc1ccc([N+](=O)[O-])cc1[N+](=O)[O-])NC(=O)CC[C@H](Nc1ccc([N+](=O)[O-])cc1[N+](=O)[O-])C(=O)O. The molecule has 2 amide bonds. The number of nitrogens with zero attached hydrogens (tertiary/aromatic N) is 4. The van der Waals surface area contributed by atoms with E-state index in [9.17, 15) is 64.7 Å². The summed E-state index contributed by atoms with van der Waals surface area (Å²) in [4.78, 5) is 88.8. The van der Waals surface area contributed by atoms with Crippen molar-refractivity contribution >= 4 is 64.0 Å². The lowest BCUT2D eigenvalue weighted by molar-refractivity contribution is -0.396. The van der Waals surface area contributed by atoms with Crippen LogP contribution in [0.4, 0.5) is 28.4 Å². The van der Waals surface area contributed by atoms with E-state index in [1.54, 1.807) is 0 Å². The average Bonchev–Trinajstić information content (AvgIpc) is 2.95. The Morgan fingerprint density at radius 1 is 0.795 bits per heavy atom. The highest BCUT2D eigenvalue weighted by atomic mass is 32.2. The summed E-state index contributed by atoms with van der Waals surface area (Å²) in [7, 11) is 0. The van der Waals surface area contributed by atoms with E-state index in [1.165, 1.54) is 0 Å². The normalized spacial score (nSPS) is 11.8. The van der Waals surface area contributed by atoms with Gasteiger partial charge in [-0.1, -0.05) is 0 Å². The number of carbonyl (C=O) groups is 4. The van der Waals surface area contributed by atoms with Crippen molar-refractivity contribution in [3.05, 3.63) is 76.9 Å². The number of carbonyl (C=O) groups excluding carboxylic acids is 2. The lowest BCUT2D eigenvalue weighted by Crippen LogP contribution is -2.49. The quantitative estimate of drug-likeness (QED) is 0.0928. The molecule has 0 fully saturated rings. The molecule has 0 aliphatic rings. The minimum Gasteiger partial charge on any atom is -0.480 e. The Morgan fingerprint density at radius 2 is 1.36 bits per heavy atom. The number of non-ortho nitro benzene ring substituents is 2. The number of nitro groups is 4. The number of hydrogen-bond acceptors (Lipinski definition) is 14. The molecular weight excluding hydrogens is 618 g/mol. The largest absolute Gasteiger partial charge is 0.480 e. The summed E-state index contributed by atoms with van der Waals surface area (Å²) in [5, 5.41) is 69.6. The van der Waals surface area contributed by atoms with Gasteiger partial charge in [0.15, 0.2) is 0 Å². The number of benzene rings is 2. The molecule has 0 saturated heterocycles. The van der Waals surface area contributed by atoms with Crippen LogP contribution in [0.1, 0.15) is 12.8 Å². The van der Waals surface area contributed by atoms with E-state index < -0.39 is 103 Å². The van der Waals surface area contributed by atoms with Crippen molar-refractivity contribution in [3.8, 4) is 0 Å². The molecule has 0 unspecified atom stereocenters. The summed E-state index contributed by atoms with van der Waals surface area (Å²) in [5.74, 6) is -5.37. The first-order valence-corrected chi connectivity index (χ1v) is 12.9. The lowest BCUT2D eigenvalue weighted by Gasteiger charge is -2.19. The van der Waals surface area contributed by atoms with Gasteiger partial charge in [0, 0.05) is 24.3 Å². The summed E-state index contributed by atoms with van der Waals surface area (Å²) in [5.41, 5.74) is -3.07. The fraction of sp³-hybridized carbons (Fsp3) is 0.273. The number of rotatable bonds is 17. The highest BCUT2D eigenvalue weighted by molar-refractivity contribution is 7.99. The number of thioether (sulfide) groups is 1. The number of carboxylic acid groups (broad SMARTS) is 2. The molecule has 22 heteroatoms. The zero-order valence-corrected chi connectivity index (χ0v) is 22.8. The van der Waals surface area contributed by atoms with Gasteiger partial charge in [-0.3, -0.25) is 54.8 Å². The number of carboxylic acids is 2. The maximum Gasteiger partial charge on any atom is 0.326 e. The molecule has 0 heterocycles. The summed E-state index contributed by atoms with van der Waals surface area (Å²) in [6, 6.07) is 2.00. The first-order chi connectivity index (χ1) is 20.6. The van der Waals surface area contributed by atoms with E-state index in [4.69, 9.17) is 5.11 Å². The number of nitro benzene ring substituents is 4. The third-order valence-electron chi connectivity index (χ3n) is 5.50. The van der Waals surface area contributed by atoms with Gasteiger partial charge in [-0.05, 0) is 18.6 Å². The number of hydrogen-bond donors (Lipinski definition) is 5. The maximum absolute atomic E-state index is 12.7. The lowest BCUT2D eigenvalue weighted by atomic mass is 10.1. The molecule has 234 valence electrons. The summed E-state index contributed by atoms with van der Waals surface area (Å²) in [6.07, 6.45) is -1.12. The smallest absolute Gasteiger partial charge is 0.326 e. The highest BCUT2D eigenvalue weighted by Crippen LogP contribution is 2.33. The molecule has 5 N–H and O–H groups in total. The molecule has 0 radical (unpaired) electrons. The van der Waals surface area contributed by atoms with Gasteiger partial charge in [0.2, 0.25) is 11.8 Å². The van der Waals surface area contributed by atoms with Gasteiger partial charge >= 0.3 is 11.9 Å². The monoisotopic (exact) mass is 639 g/mol. The summed E-state index contributed by atoms with van der Waals surface area (Å²) >= 11 is 0.641. The fourth-order valence-electron chi connectivity index (χ4n) is 3.42. The Morgan fingerprint density at radius 3 is 1.89 bits per heavy atom. The van der Waals surface area contributed by atoms with Crippen LogP contribution in [0.5, 0.6) is 0 Å². The third-order valence-corrected chi connectivity index (χ3v) is 6.65. The molecule has 2 atom stereocenters. The van der Waals surface area contributed by atoms with Crippen molar-refractivity contribution in [2.75, 3.05) is 17.6 Å². The van der Waals surface area contributed by atoms with Gasteiger partial charge in [0.1, 0.15) is 24.3 Å². The van der Waals surface area contributed by atoms with Crippen LogP contribution in [0.2, 0.25) is 0 Å². The highest BCUT2D eigenvalue weighted by Gasteiger charge is 2.28. The van der Waals surface area contributed by atoms with E-state index in [-0.39, 0.29) is 10.6 Å². The minimum absolute atomic E-state index is 0.120. The van der Waals surface area contributed by atoms with Gasteiger partial charge in [0.05, 0.1) is 36.7 Å². The van der Waals surface area contributed by atoms with Crippen molar-refractivity contribution < 1.29 is 49.1 Å². The van der Waals surface area contributed by atoms with Crippen LogP contribution in [0.15, 0.2) is 41.3 Å². The maximum atomic E-state index is 12.7. The van der Waals surface area contributed by atoms with Gasteiger partial charge in [-0.2, -0.15) is 0 Å². The summed E-state index contributed by atoms with van der Waals surface area (Å²) in [6.45, 7) is -0.855. The molecular formula is C22H21N7O14S. The summed E-state index contributed by atoms with van der Waals surface area (Å²) < 4.78 is 0. The van der Waals surface area contributed by atoms with E-state index in [1.807, 2.05) is 5.32 Å². The molecule has 0 aliphatic carbocycles. The molecule has 0 bridgehead atoms. The molecule has 44 heavy (non-hydrogen) atoms. The van der Waals surface area contributed by atoms with Crippen LogP contribution in [-0.2, 0) is 19.2 Å². The van der Waals surface area contributed by atoms with E-state index in [2.05, 4.69) is 10.6 Å². The molecule has 0 aliphatic heterocycles. The van der Waals surface area contributed by atoms with Crippen LogP contribution in [0.3, 0.4) is 0 Å². The van der Waals surface area contributed by atoms with Crippen molar-refractivity contribution in [2.24, 2.45) is 0 Å². The second kappa shape index (κ2) is 15.3. The molecule has 21 nitrogen and oxygen atoms in total. The molecule has 0 saturated carbocycles. The zero-order chi connectivity index (χ0) is 33.1. The van der Waals surface area contributed by atoms with Gasteiger partial charge in [0.25, 0.3) is 22.7 Å². The second-order valence-corrected chi connectivity index (χ2v) is 9.56. The Hall–Kier alpha value is -5.93. The van der Waals surface area contributed by atoms with Crippen molar-refractivity contribution in [2.45, 2.75) is 29.8 Å². The first-order valence-electron chi connectivity index (χ1n) is 11.9. The van der Waals surface area contributed by atoms with Crippen molar-refractivity contribution in [1.29, 1.82) is 0 Å². The Bertz CT molecular complexity index is 1520. The first kappa shape index (κ1) is 34.3. The van der Waals surface area contributed by atoms with E-state index >= 15 is 0 Å². The van der Waals surface area contributed by atoms with E-state index in [0.29, 0.717) is 23.9 Å². The molecule has 2 rings (SSSR count). The number of aliphatic carboxylic acids is 2. The van der Waals surface area contributed by atoms with Gasteiger partial charge < -0.3 is 26.2 Å². The third kappa shape index (κ3) is 9.86. The van der Waals surface area contributed by atoms with Crippen LogP contribution in [0.25, 0.3) is 0 Å². The zero-order valence-electron chi connectivity index (χ0n) is 21.9. The van der Waals surface area contributed by atoms with Gasteiger partial charge in [-0.25, -0.2) is 4.79 Å². The van der Waals surface area contributed by atoms with Crippen LogP contribution in [-0.4, -0.2) is 78.0 Å². The van der Waals surface area contributed by atoms with Crippen molar-refractivity contribution in [1.82, 2.24) is 10.6 Å². The topological polar surface area (TPSA) is 317 Å². The van der Waals surface area contributed by atoms with Crippen molar-refractivity contribution in [3.63, 3.8) is 0 Å². The van der Waals surface area contributed by atoms with Crippen LogP contribution in [0, 0.1) is 40.5 Å². The Kier molecular flexibility index (Phi) is 11.9. The van der Waals surface area contributed by atoms with Gasteiger partial charge in [-0.15, -0.1) is 11.8 Å².